The first-order valence-corrected chi connectivity index (χ1v) is 7.27. The minimum Gasteiger partial charge on any atom is -0.436 e. The zero-order valence-electron chi connectivity index (χ0n) is 12.2. The largest absolute Gasteiger partial charge is 0.436 e. The van der Waals surface area contributed by atoms with Crippen LogP contribution in [0.25, 0.3) is 0 Å². The van der Waals surface area contributed by atoms with Gasteiger partial charge in [-0.2, -0.15) is 0 Å². The average molecular weight is 326 g/mol. The van der Waals surface area contributed by atoms with Crippen molar-refractivity contribution in [3.8, 4) is 11.6 Å². The van der Waals surface area contributed by atoms with Gasteiger partial charge < -0.3 is 10.1 Å². The summed E-state index contributed by atoms with van der Waals surface area (Å²) in [5, 5.41) is 4.32. The lowest BCUT2D eigenvalue weighted by molar-refractivity contribution is 0.423. The fourth-order valence-corrected chi connectivity index (χ4v) is 1.96. The third kappa shape index (κ3) is 5.16. The number of nitrogens with one attached hydrogen (secondary N) is 1. The Labute approximate surface area is 134 Å². The summed E-state index contributed by atoms with van der Waals surface area (Å²) in [6, 6.07) is 3.49. The molecular weight excluding hydrogens is 309 g/mol. The van der Waals surface area contributed by atoms with E-state index in [0.29, 0.717) is 28.2 Å². The van der Waals surface area contributed by atoms with Crippen molar-refractivity contribution < 1.29 is 4.74 Å². The maximum absolute atomic E-state index is 6.20. The monoisotopic (exact) mass is 325 g/mol. The van der Waals surface area contributed by atoms with Gasteiger partial charge >= 0.3 is 0 Å². The molecule has 2 heterocycles. The number of halogens is 2. The molecule has 2 rings (SSSR count). The minimum atomic E-state index is 0.0358. The van der Waals surface area contributed by atoms with E-state index < -0.39 is 0 Å². The Hall–Kier alpha value is -1.36. The molecule has 0 bridgehead atoms. The van der Waals surface area contributed by atoms with Crippen molar-refractivity contribution in [1.29, 1.82) is 0 Å². The molecule has 21 heavy (non-hydrogen) atoms. The van der Waals surface area contributed by atoms with Gasteiger partial charge in [-0.25, -0.2) is 4.98 Å². The molecule has 0 atom stereocenters. The highest BCUT2D eigenvalue weighted by Crippen LogP contribution is 2.28. The van der Waals surface area contributed by atoms with Crippen molar-refractivity contribution in [2.45, 2.75) is 32.9 Å². The number of pyridine rings is 2. The molecule has 0 unspecified atom stereocenters. The fraction of sp³-hybridized carbons (Fsp3) is 0.333. The van der Waals surface area contributed by atoms with Gasteiger partial charge in [0.25, 0.3) is 0 Å². The van der Waals surface area contributed by atoms with Gasteiger partial charge in [0.1, 0.15) is 10.8 Å². The highest BCUT2D eigenvalue weighted by atomic mass is 35.5. The molecule has 0 aromatic carbocycles. The smallest absolute Gasteiger partial charge is 0.238 e. The quantitative estimate of drug-likeness (QED) is 0.901. The molecule has 0 fully saturated rings. The summed E-state index contributed by atoms with van der Waals surface area (Å²) in [4.78, 5) is 8.19. The summed E-state index contributed by atoms with van der Waals surface area (Å²) in [6.45, 7) is 7.00. The van der Waals surface area contributed by atoms with Crippen molar-refractivity contribution in [3.63, 3.8) is 0 Å². The molecule has 0 saturated carbocycles. The molecule has 0 aliphatic carbocycles. The second kappa shape index (κ2) is 6.60. The van der Waals surface area contributed by atoms with Crippen LogP contribution in [0.4, 0.5) is 0 Å². The van der Waals surface area contributed by atoms with Crippen LogP contribution in [-0.4, -0.2) is 15.5 Å². The van der Waals surface area contributed by atoms with Gasteiger partial charge in [-0.3, -0.25) is 4.98 Å². The highest BCUT2D eigenvalue weighted by Gasteiger charge is 2.11. The van der Waals surface area contributed by atoms with Crippen LogP contribution in [0, 0.1) is 0 Å². The fourth-order valence-electron chi connectivity index (χ4n) is 1.56. The predicted molar refractivity (Wildman–Crippen MR) is 85.2 cm³/mol. The maximum atomic E-state index is 6.20. The molecule has 1 N–H and O–H groups in total. The standard InChI is InChI=1S/C15H17Cl2N3O/c1-15(2,3)20-7-10-4-13(17)14(19-6-10)21-12-5-11(16)8-18-9-12/h4-6,8-9,20H,7H2,1-3H3. The number of rotatable bonds is 4. The average Bonchev–Trinajstić information content (AvgIpc) is 2.38. The van der Waals surface area contributed by atoms with Crippen LogP contribution in [0.15, 0.2) is 30.7 Å². The molecule has 2 aromatic heterocycles. The summed E-state index contributed by atoms with van der Waals surface area (Å²) >= 11 is 12.1. The molecule has 0 amide bonds. The van der Waals surface area contributed by atoms with Crippen LogP contribution in [0.3, 0.4) is 0 Å². The van der Waals surface area contributed by atoms with Crippen molar-refractivity contribution in [2.75, 3.05) is 0 Å². The number of aromatic nitrogens is 2. The third-order valence-corrected chi connectivity index (χ3v) is 3.06. The first-order chi connectivity index (χ1) is 9.83. The second-order valence-electron chi connectivity index (χ2n) is 5.68. The lowest BCUT2D eigenvalue weighted by Gasteiger charge is -2.20. The van der Waals surface area contributed by atoms with Crippen LogP contribution >= 0.6 is 23.2 Å². The number of ether oxygens (including phenoxy) is 1. The second-order valence-corrected chi connectivity index (χ2v) is 6.52. The SMILES string of the molecule is CC(C)(C)NCc1cnc(Oc2cncc(Cl)c2)c(Cl)c1. The number of hydrogen-bond acceptors (Lipinski definition) is 4. The van der Waals surface area contributed by atoms with Crippen LogP contribution in [0.2, 0.25) is 10.0 Å². The van der Waals surface area contributed by atoms with Gasteiger partial charge in [0.2, 0.25) is 5.88 Å². The zero-order chi connectivity index (χ0) is 15.5. The van der Waals surface area contributed by atoms with E-state index in [9.17, 15) is 0 Å². The Morgan fingerprint density at radius 2 is 1.90 bits per heavy atom. The molecule has 0 radical (unpaired) electrons. The topological polar surface area (TPSA) is 47.0 Å². The van der Waals surface area contributed by atoms with Crippen LogP contribution in [0.1, 0.15) is 26.3 Å². The van der Waals surface area contributed by atoms with Crippen molar-refractivity contribution >= 4 is 23.2 Å². The molecule has 0 saturated heterocycles. The summed E-state index contributed by atoms with van der Waals surface area (Å²) in [5.74, 6) is 0.831. The van der Waals surface area contributed by atoms with E-state index in [-0.39, 0.29) is 5.54 Å². The third-order valence-electron chi connectivity index (χ3n) is 2.58. The minimum absolute atomic E-state index is 0.0358. The van der Waals surface area contributed by atoms with Crippen LogP contribution in [-0.2, 0) is 6.54 Å². The summed E-state index contributed by atoms with van der Waals surface area (Å²) in [7, 11) is 0. The molecule has 0 aliphatic heterocycles. The van der Waals surface area contributed by atoms with Gasteiger partial charge in [0.15, 0.2) is 0 Å². The molecule has 0 aliphatic rings. The predicted octanol–water partition coefficient (Wildman–Crippen LogP) is 4.46. The Morgan fingerprint density at radius 3 is 2.52 bits per heavy atom. The first-order valence-electron chi connectivity index (χ1n) is 6.51. The highest BCUT2D eigenvalue weighted by molar-refractivity contribution is 6.32. The van der Waals surface area contributed by atoms with Gasteiger partial charge in [-0.1, -0.05) is 23.2 Å². The maximum Gasteiger partial charge on any atom is 0.238 e. The van der Waals surface area contributed by atoms with Crippen molar-refractivity contribution in [2.24, 2.45) is 0 Å². The number of nitrogens with zero attached hydrogens (tertiary/aromatic N) is 2. The van der Waals surface area contributed by atoms with E-state index >= 15 is 0 Å². The Balaban J connectivity index is 2.09. The van der Waals surface area contributed by atoms with Gasteiger partial charge in [0.05, 0.1) is 11.2 Å². The summed E-state index contributed by atoms with van der Waals surface area (Å²) in [6.07, 6.45) is 4.82. The normalized spacial score (nSPS) is 11.5. The van der Waals surface area contributed by atoms with Gasteiger partial charge in [-0.05, 0) is 32.4 Å². The Morgan fingerprint density at radius 1 is 1.14 bits per heavy atom. The van der Waals surface area contributed by atoms with E-state index in [1.54, 1.807) is 18.5 Å². The lowest BCUT2D eigenvalue weighted by Crippen LogP contribution is -2.35. The van der Waals surface area contributed by atoms with Crippen LogP contribution in [0.5, 0.6) is 11.6 Å². The summed E-state index contributed by atoms with van der Waals surface area (Å²) < 4.78 is 5.58. The molecular formula is C15H17Cl2N3O. The first kappa shape index (κ1) is 16.0. The Kier molecular flexibility index (Phi) is 5.04. The molecule has 6 heteroatoms. The van der Waals surface area contributed by atoms with E-state index in [0.717, 1.165) is 5.56 Å². The molecule has 2 aromatic rings. The van der Waals surface area contributed by atoms with Crippen molar-refractivity contribution in [3.05, 3.63) is 46.3 Å². The van der Waals surface area contributed by atoms with Crippen molar-refractivity contribution in [1.82, 2.24) is 15.3 Å². The van der Waals surface area contributed by atoms with Gasteiger partial charge in [-0.15, -0.1) is 0 Å². The lowest BCUT2D eigenvalue weighted by atomic mass is 10.1. The zero-order valence-corrected chi connectivity index (χ0v) is 13.7. The van der Waals surface area contributed by atoms with E-state index in [4.69, 9.17) is 27.9 Å². The summed E-state index contributed by atoms with van der Waals surface area (Å²) in [5.41, 5.74) is 1.03. The number of hydrogen-bond donors (Lipinski definition) is 1. The molecule has 0 spiro atoms. The Bertz CT molecular complexity index is 627. The van der Waals surface area contributed by atoms with E-state index in [1.807, 2.05) is 6.07 Å². The van der Waals surface area contributed by atoms with Gasteiger partial charge in [0, 0.05) is 30.5 Å². The van der Waals surface area contributed by atoms with E-state index in [1.165, 1.54) is 6.20 Å². The van der Waals surface area contributed by atoms with Crippen LogP contribution < -0.4 is 10.1 Å². The molecule has 4 nitrogen and oxygen atoms in total. The van der Waals surface area contributed by atoms with E-state index in [2.05, 4.69) is 36.1 Å². The molecule has 112 valence electrons.